The van der Waals surface area contributed by atoms with E-state index < -0.39 is 0 Å². The summed E-state index contributed by atoms with van der Waals surface area (Å²) in [5, 5.41) is 3.43. The lowest BCUT2D eigenvalue weighted by molar-refractivity contribution is -0.120. The second-order valence-electron chi connectivity index (χ2n) is 7.79. The van der Waals surface area contributed by atoms with E-state index in [1.807, 2.05) is 0 Å². The molecule has 1 N–H and O–H groups in total. The van der Waals surface area contributed by atoms with Crippen LogP contribution < -0.4 is 15.1 Å². The van der Waals surface area contributed by atoms with Crippen LogP contribution in [-0.2, 0) is 4.79 Å². The molecule has 1 saturated carbocycles. The first kappa shape index (κ1) is 15.0. The van der Waals surface area contributed by atoms with E-state index in [2.05, 4.69) is 53.4 Å². The average Bonchev–Trinajstić information content (AvgIpc) is 3.27. The molecule has 2 aliphatic heterocycles. The molecule has 0 aromatic heterocycles. The highest BCUT2D eigenvalue weighted by Gasteiger charge is 2.58. The van der Waals surface area contributed by atoms with Crippen molar-refractivity contribution in [1.29, 1.82) is 0 Å². The third kappa shape index (κ3) is 2.53. The molecule has 124 valence electrons. The van der Waals surface area contributed by atoms with Gasteiger partial charge in [-0.25, -0.2) is 0 Å². The Morgan fingerprint density at radius 3 is 2.61 bits per heavy atom. The summed E-state index contributed by atoms with van der Waals surface area (Å²) in [5.41, 5.74) is 2.59. The maximum atomic E-state index is 13.3. The maximum absolute atomic E-state index is 13.3. The molecule has 3 aliphatic rings. The summed E-state index contributed by atoms with van der Waals surface area (Å²) >= 11 is 0. The third-order valence-corrected chi connectivity index (χ3v) is 6.02. The second-order valence-corrected chi connectivity index (χ2v) is 7.79. The van der Waals surface area contributed by atoms with E-state index in [9.17, 15) is 4.79 Å². The van der Waals surface area contributed by atoms with E-state index in [4.69, 9.17) is 0 Å². The molecular weight excluding hydrogens is 286 g/mol. The summed E-state index contributed by atoms with van der Waals surface area (Å²) < 4.78 is 0. The number of piperidine rings is 1. The topological polar surface area (TPSA) is 35.6 Å². The van der Waals surface area contributed by atoms with Crippen molar-refractivity contribution in [2.24, 2.45) is 17.3 Å². The summed E-state index contributed by atoms with van der Waals surface area (Å²) in [4.78, 5) is 17.7. The molecule has 0 bridgehead atoms. The zero-order valence-electron chi connectivity index (χ0n) is 14.2. The number of carbonyl (C=O) groups excluding carboxylic acids is 1. The van der Waals surface area contributed by atoms with Crippen molar-refractivity contribution in [2.45, 2.75) is 26.2 Å². The van der Waals surface area contributed by atoms with Crippen LogP contribution in [0.5, 0.6) is 0 Å². The van der Waals surface area contributed by atoms with Gasteiger partial charge in [0, 0.05) is 26.1 Å². The fraction of sp³-hybridized carbons (Fsp3) is 0.632. The Morgan fingerprint density at radius 2 is 1.87 bits per heavy atom. The van der Waals surface area contributed by atoms with E-state index in [0.717, 1.165) is 51.1 Å². The molecule has 2 fully saturated rings. The minimum absolute atomic E-state index is 0.244. The number of rotatable bonds is 1. The molecule has 2 unspecified atom stereocenters. The van der Waals surface area contributed by atoms with Crippen LogP contribution in [0.3, 0.4) is 0 Å². The van der Waals surface area contributed by atoms with Crippen molar-refractivity contribution in [3.63, 3.8) is 0 Å². The lowest BCUT2D eigenvalue weighted by Gasteiger charge is -2.28. The molecule has 4 rings (SSSR count). The Morgan fingerprint density at radius 1 is 1.17 bits per heavy atom. The zero-order chi connectivity index (χ0) is 16.0. The highest BCUT2D eigenvalue weighted by molar-refractivity contribution is 6.00. The predicted octanol–water partition coefficient (Wildman–Crippen LogP) is 2.50. The van der Waals surface area contributed by atoms with Crippen LogP contribution in [0.25, 0.3) is 0 Å². The molecule has 4 nitrogen and oxygen atoms in total. The van der Waals surface area contributed by atoms with Crippen LogP contribution in [0, 0.1) is 17.3 Å². The Kier molecular flexibility index (Phi) is 3.60. The number of hydrogen-bond donors (Lipinski definition) is 1. The van der Waals surface area contributed by atoms with Crippen molar-refractivity contribution >= 4 is 17.3 Å². The number of fused-ring (bicyclic) bond motifs is 1. The van der Waals surface area contributed by atoms with Gasteiger partial charge >= 0.3 is 0 Å². The first-order valence-electron chi connectivity index (χ1n) is 8.93. The lowest BCUT2D eigenvalue weighted by atomic mass is 9.91. The maximum Gasteiger partial charge on any atom is 0.230 e. The third-order valence-electron chi connectivity index (χ3n) is 6.02. The van der Waals surface area contributed by atoms with Crippen LogP contribution in [0.15, 0.2) is 24.3 Å². The molecule has 1 aliphatic carbocycles. The number of nitrogens with one attached hydrogen (secondary N) is 1. The number of benzene rings is 1. The average molecular weight is 313 g/mol. The van der Waals surface area contributed by atoms with Gasteiger partial charge in [0.1, 0.15) is 0 Å². The van der Waals surface area contributed by atoms with Crippen molar-refractivity contribution in [3.05, 3.63) is 24.3 Å². The molecule has 1 saturated heterocycles. The molecule has 2 atom stereocenters. The first-order valence-corrected chi connectivity index (χ1v) is 8.93. The summed E-state index contributed by atoms with van der Waals surface area (Å²) in [6, 6.07) is 8.37. The summed E-state index contributed by atoms with van der Waals surface area (Å²) in [6.45, 7) is 6.22. The predicted molar refractivity (Wildman–Crippen MR) is 93.9 cm³/mol. The van der Waals surface area contributed by atoms with E-state index in [1.54, 1.807) is 0 Å². The number of para-hydroxylation sites is 2. The van der Waals surface area contributed by atoms with Crippen molar-refractivity contribution in [3.8, 4) is 0 Å². The van der Waals surface area contributed by atoms with E-state index in [-0.39, 0.29) is 5.92 Å². The second kappa shape index (κ2) is 5.52. The van der Waals surface area contributed by atoms with Crippen LogP contribution in [0.1, 0.15) is 26.2 Å². The Hall–Kier alpha value is -1.55. The highest BCUT2D eigenvalue weighted by Crippen LogP contribution is 2.59. The first-order chi connectivity index (χ1) is 11.1. The van der Waals surface area contributed by atoms with E-state index >= 15 is 0 Å². The van der Waals surface area contributed by atoms with Crippen LogP contribution in [0.4, 0.5) is 11.4 Å². The number of nitrogens with zero attached hydrogens (tertiary/aromatic N) is 2. The lowest BCUT2D eigenvalue weighted by Crippen LogP contribution is -2.38. The smallest absolute Gasteiger partial charge is 0.230 e. The fourth-order valence-electron chi connectivity index (χ4n) is 4.62. The van der Waals surface area contributed by atoms with Gasteiger partial charge in [-0.3, -0.25) is 4.79 Å². The number of carbonyl (C=O) groups is 1. The van der Waals surface area contributed by atoms with Crippen molar-refractivity contribution in [1.82, 2.24) is 5.32 Å². The SMILES string of the molecule is CC1CN(C)c2ccccc2N(C(=O)C2CC23CCNCC3)C1. The van der Waals surface area contributed by atoms with Crippen LogP contribution >= 0.6 is 0 Å². The van der Waals surface area contributed by atoms with Gasteiger partial charge in [-0.15, -0.1) is 0 Å². The van der Waals surface area contributed by atoms with Gasteiger partial charge < -0.3 is 15.1 Å². The molecule has 1 aromatic rings. The van der Waals surface area contributed by atoms with Gasteiger partial charge in [0.25, 0.3) is 0 Å². The van der Waals surface area contributed by atoms with Gasteiger partial charge in [-0.2, -0.15) is 0 Å². The van der Waals surface area contributed by atoms with Crippen LogP contribution in [-0.4, -0.2) is 39.1 Å². The highest BCUT2D eigenvalue weighted by atomic mass is 16.2. The van der Waals surface area contributed by atoms with E-state index in [0.29, 0.717) is 17.2 Å². The largest absolute Gasteiger partial charge is 0.373 e. The zero-order valence-corrected chi connectivity index (χ0v) is 14.2. The minimum atomic E-state index is 0.244. The number of amides is 1. The van der Waals surface area contributed by atoms with Gasteiger partial charge in [-0.1, -0.05) is 19.1 Å². The fourth-order valence-corrected chi connectivity index (χ4v) is 4.62. The van der Waals surface area contributed by atoms with Crippen LogP contribution in [0.2, 0.25) is 0 Å². The normalized spacial score (nSPS) is 29.1. The Balaban J connectivity index is 1.62. The molecule has 23 heavy (non-hydrogen) atoms. The minimum Gasteiger partial charge on any atom is -0.373 e. The summed E-state index contributed by atoms with van der Waals surface area (Å²) in [7, 11) is 2.13. The Bertz CT molecular complexity index is 608. The monoisotopic (exact) mass is 313 g/mol. The molecule has 0 radical (unpaired) electrons. The number of anilines is 2. The van der Waals surface area contributed by atoms with Gasteiger partial charge in [0.05, 0.1) is 11.4 Å². The quantitative estimate of drug-likeness (QED) is 0.865. The molecule has 4 heteroatoms. The molecule has 2 heterocycles. The molecule has 1 spiro atoms. The standard InChI is InChI=1S/C19H27N3O/c1-14-12-21(2)16-5-3-4-6-17(16)22(13-14)18(23)15-11-19(15)7-9-20-10-8-19/h3-6,14-15,20H,7-13H2,1-2H3. The van der Waals surface area contributed by atoms with Crippen molar-refractivity contribution < 1.29 is 4.79 Å². The molecular formula is C19H27N3O. The van der Waals surface area contributed by atoms with Gasteiger partial charge in [0.2, 0.25) is 5.91 Å². The van der Waals surface area contributed by atoms with Gasteiger partial charge in [-0.05, 0) is 55.8 Å². The van der Waals surface area contributed by atoms with E-state index in [1.165, 1.54) is 5.69 Å². The molecule has 1 amide bonds. The Labute approximate surface area is 138 Å². The number of hydrogen-bond acceptors (Lipinski definition) is 3. The summed E-state index contributed by atoms with van der Waals surface area (Å²) in [5.74, 6) is 1.09. The molecule has 1 aromatic carbocycles. The van der Waals surface area contributed by atoms with Crippen molar-refractivity contribution in [2.75, 3.05) is 43.0 Å². The summed E-state index contributed by atoms with van der Waals surface area (Å²) in [6.07, 6.45) is 3.42. The van der Waals surface area contributed by atoms with Gasteiger partial charge in [0.15, 0.2) is 0 Å².